The van der Waals surface area contributed by atoms with Gasteiger partial charge in [0, 0.05) is 24.5 Å². The van der Waals surface area contributed by atoms with Crippen LogP contribution >= 0.6 is 0 Å². The van der Waals surface area contributed by atoms with Crippen molar-refractivity contribution in [3.63, 3.8) is 0 Å². The van der Waals surface area contributed by atoms with Gasteiger partial charge in [-0.3, -0.25) is 0 Å². The molecule has 0 aromatic carbocycles. The maximum Gasteiger partial charge on any atom is 0.231 e. The zero-order valence-electron chi connectivity index (χ0n) is 11.5. The average Bonchev–Trinajstić information content (AvgIpc) is 3.10. The minimum Gasteiger partial charge on any atom is -0.339 e. The number of nitrogens with zero attached hydrogens (tertiary/aromatic N) is 3. The van der Waals surface area contributed by atoms with Gasteiger partial charge in [0.25, 0.3) is 0 Å². The predicted octanol–water partition coefficient (Wildman–Crippen LogP) is 1.49. The van der Waals surface area contributed by atoms with Crippen molar-refractivity contribution in [3.05, 3.63) is 11.7 Å². The molecule has 0 aliphatic carbocycles. The lowest BCUT2D eigenvalue weighted by Crippen LogP contribution is -2.39. The average molecular weight is 262 g/mol. The Morgan fingerprint density at radius 2 is 1.95 bits per heavy atom. The Kier molecular flexibility index (Phi) is 2.84. The Morgan fingerprint density at radius 1 is 1.16 bits per heavy atom. The van der Waals surface area contributed by atoms with Crippen LogP contribution in [-0.2, 0) is 0 Å². The monoisotopic (exact) mass is 262 g/mol. The fourth-order valence-electron chi connectivity index (χ4n) is 4.07. The summed E-state index contributed by atoms with van der Waals surface area (Å²) >= 11 is 0. The second-order valence-corrected chi connectivity index (χ2v) is 6.40. The Hall–Kier alpha value is -0.940. The van der Waals surface area contributed by atoms with Gasteiger partial charge >= 0.3 is 0 Å². The summed E-state index contributed by atoms with van der Waals surface area (Å²) in [5, 5.41) is 7.63. The zero-order valence-corrected chi connectivity index (χ0v) is 11.5. The van der Waals surface area contributed by atoms with Gasteiger partial charge in [-0.05, 0) is 45.7 Å². The molecule has 3 aliphatic heterocycles. The van der Waals surface area contributed by atoms with Gasteiger partial charge in [-0.25, -0.2) is 0 Å². The van der Waals surface area contributed by atoms with E-state index in [1.54, 1.807) is 0 Å². The molecule has 3 atom stereocenters. The van der Waals surface area contributed by atoms with Crippen LogP contribution in [0.15, 0.2) is 4.52 Å². The van der Waals surface area contributed by atoms with Gasteiger partial charge in [-0.1, -0.05) is 5.16 Å². The van der Waals surface area contributed by atoms with Crippen molar-refractivity contribution in [1.82, 2.24) is 20.4 Å². The summed E-state index contributed by atoms with van der Waals surface area (Å²) < 4.78 is 5.50. The number of aromatic nitrogens is 2. The van der Waals surface area contributed by atoms with Crippen molar-refractivity contribution in [2.24, 2.45) is 0 Å². The van der Waals surface area contributed by atoms with Crippen molar-refractivity contribution in [1.29, 1.82) is 0 Å². The number of rotatable bonds is 2. The van der Waals surface area contributed by atoms with Crippen LogP contribution in [-0.4, -0.2) is 47.3 Å². The first kappa shape index (κ1) is 11.9. The Morgan fingerprint density at radius 3 is 2.63 bits per heavy atom. The number of piperidine rings is 1. The third-order valence-electron chi connectivity index (χ3n) is 5.33. The minimum absolute atomic E-state index is 0.434. The Balaban J connectivity index is 1.50. The summed E-state index contributed by atoms with van der Waals surface area (Å²) in [5.74, 6) is 2.77. The van der Waals surface area contributed by atoms with Gasteiger partial charge in [0.1, 0.15) is 0 Å². The van der Waals surface area contributed by atoms with Crippen molar-refractivity contribution >= 4 is 0 Å². The van der Waals surface area contributed by atoms with Crippen LogP contribution in [0.2, 0.25) is 0 Å². The van der Waals surface area contributed by atoms with E-state index in [1.807, 2.05) is 0 Å². The van der Waals surface area contributed by atoms with E-state index in [0.29, 0.717) is 11.8 Å². The summed E-state index contributed by atoms with van der Waals surface area (Å²) in [5.41, 5.74) is 0. The van der Waals surface area contributed by atoms with Gasteiger partial charge in [-0.2, -0.15) is 4.98 Å². The second kappa shape index (κ2) is 4.56. The molecule has 5 nitrogen and oxygen atoms in total. The van der Waals surface area contributed by atoms with Crippen molar-refractivity contribution in [2.75, 3.05) is 20.1 Å². The number of nitrogens with one attached hydrogen (secondary N) is 1. The lowest BCUT2D eigenvalue weighted by atomic mass is 9.90. The highest BCUT2D eigenvalue weighted by atomic mass is 16.5. The van der Waals surface area contributed by atoms with Crippen LogP contribution in [0.3, 0.4) is 0 Å². The zero-order chi connectivity index (χ0) is 12.8. The van der Waals surface area contributed by atoms with Crippen molar-refractivity contribution in [2.45, 2.75) is 56.0 Å². The smallest absolute Gasteiger partial charge is 0.231 e. The van der Waals surface area contributed by atoms with E-state index < -0.39 is 0 Å². The van der Waals surface area contributed by atoms with Crippen LogP contribution in [0.25, 0.3) is 0 Å². The van der Waals surface area contributed by atoms with Crippen LogP contribution < -0.4 is 5.32 Å². The largest absolute Gasteiger partial charge is 0.339 e. The first-order valence-corrected chi connectivity index (χ1v) is 7.57. The molecule has 3 saturated heterocycles. The Bertz CT molecular complexity index is 440. The first-order valence-electron chi connectivity index (χ1n) is 7.57. The molecule has 0 radical (unpaired) electrons. The van der Waals surface area contributed by atoms with Gasteiger partial charge in [0.15, 0.2) is 5.82 Å². The molecule has 5 heteroatoms. The van der Waals surface area contributed by atoms with Crippen molar-refractivity contribution < 1.29 is 4.52 Å². The van der Waals surface area contributed by atoms with Gasteiger partial charge < -0.3 is 14.7 Å². The third kappa shape index (κ3) is 1.99. The molecule has 0 saturated carbocycles. The number of hydrogen-bond donors (Lipinski definition) is 1. The van der Waals surface area contributed by atoms with Gasteiger partial charge in [0.2, 0.25) is 5.89 Å². The van der Waals surface area contributed by atoms with E-state index in [2.05, 4.69) is 22.4 Å². The molecule has 0 amide bonds. The summed E-state index contributed by atoms with van der Waals surface area (Å²) in [4.78, 5) is 7.26. The van der Waals surface area contributed by atoms with Gasteiger partial charge in [0.05, 0.1) is 5.92 Å². The fourth-order valence-corrected chi connectivity index (χ4v) is 4.07. The van der Waals surface area contributed by atoms with E-state index in [1.165, 1.54) is 25.7 Å². The van der Waals surface area contributed by atoms with E-state index in [4.69, 9.17) is 9.51 Å². The molecule has 2 bridgehead atoms. The second-order valence-electron chi connectivity index (χ2n) is 6.40. The van der Waals surface area contributed by atoms with E-state index >= 15 is 0 Å². The summed E-state index contributed by atoms with van der Waals surface area (Å²) in [6.07, 6.45) is 6.22. The molecule has 3 aliphatic rings. The summed E-state index contributed by atoms with van der Waals surface area (Å²) in [7, 11) is 2.27. The summed E-state index contributed by atoms with van der Waals surface area (Å²) in [6.45, 7) is 2.06. The van der Waals surface area contributed by atoms with E-state index in [9.17, 15) is 0 Å². The standard InChI is InChI=1S/C14H22N4O/c1-18-11-2-3-12(18)7-10(6-11)13-16-14(19-17-13)9-4-5-15-8-9/h9-12,15H,2-8H2,1H3. The molecule has 4 heterocycles. The number of fused-ring (bicyclic) bond motifs is 2. The predicted molar refractivity (Wildman–Crippen MR) is 71.1 cm³/mol. The number of hydrogen-bond acceptors (Lipinski definition) is 5. The topological polar surface area (TPSA) is 54.2 Å². The Labute approximate surface area is 113 Å². The van der Waals surface area contributed by atoms with Crippen LogP contribution in [0.1, 0.15) is 55.7 Å². The molecule has 1 aromatic rings. The molecular weight excluding hydrogens is 240 g/mol. The highest BCUT2D eigenvalue weighted by Gasteiger charge is 2.40. The molecular formula is C14H22N4O. The highest BCUT2D eigenvalue weighted by Crippen LogP contribution is 2.41. The molecule has 1 N–H and O–H groups in total. The first-order chi connectivity index (χ1) is 9.31. The van der Waals surface area contributed by atoms with Crippen molar-refractivity contribution in [3.8, 4) is 0 Å². The van der Waals surface area contributed by atoms with Gasteiger partial charge in [-0.15, -0.1) is 0 Å². The highest BCUT2D eigenvalue weighted by molar-refractivity contribution is 5.07. The third-order valence-corrected chi connectivity index (χ3v) is 5.33. The van der Waals surface area contributed by atoms with Crippen LogP contribution in [0.4, 0.5) is 0 Å². The maximum atomic E-state index is 5.50. The normalized spacial score (nSPS) is 39.0. The SMILES string of the molecule is CN1C2CCC1CC(c1noc(C3CCNC3)n1)C2. The minimum atomic E-state index is 0.434. The lowest BCUT2D eigenvalue weighted by Gasteiger charge is -2.34. The molecule has 3 unspecified atom stereocenters. The van der Waals surface area contributed by atoms with Crippen LogP contribution in [0, 0.1) is 0 Å². The van der Waals surface area contributed by atoms with Crippen LogP contribution in [0.5, 0.6) is 0 Å². The lowest BCUT2D eigenvalue weighted by molar-refractivity contribution is 0.157. The summed E-state index contributed by atoms with van der Waals surface area (Å²) in [6, 6.07) is 1.47. The molecule has 3 fully saturated rings. The molecule has 1 aromatic heterocycles. The quantitative estimate of drug-likeness (QED) is 0.875. The molecule has 0 spiro atoms. The van der Waals surface area contributed by atoms with E-state index in [-0.39, 0.29) is 0 Å². The van der Waals surface area contributed by atoms with E-state index in [0.717, 1.165) is 43.3 Å². The molecule has 4 rings (SSSR count). The molecule has 104 valence electrons. The molecule has 19 heavy (non-hydrogen) atoms. The maximum absolute atomic E-state index is 5.50. The fraction of sp³-hybridized carbons (Fsp3) is 0.857.